The van der Waals surface area contributed by atoms with Crippen molar-refractivity contribution in [2.75, 3.05) is 4.90 Å². The summed E-state index contributed by atoms with van der Waals surface area (Å²) in [4.78, 5) is 2.29. The largest absolute Gasteiger partial charge is 0.311 e. The first-order valence-corrected chi connectivity index (χ1v) is 11.9. The summed E-state index contributed by atoms with van der Waals surface area (Å²) in [5.41, 5.74) is 9.25. The second-order valence-corrected chi connectivity index (χ2v) is 8.38. The second kappa shape index (κ2) is 11.7. The van der Waals surface area contributed by atoms with Gasteiger partial charge in [0.1, 0.15) is 0 Å². The summed E-state index contributed by atoms with van der Waals surface area (Å²) in [6, 6.07) is 38.4. The lowest BCUT2D eigenvalue weighted by atomic mass is 9.94. The SMILES string of the molecule is C=C/C=C(\C=C/C)C(=C\c1ccc(N(c2ccccc2)c2ccc(C)cc2)cc1)/c1ccccc1. The average Bonchev–Trinajstić information content (AvgIpc) is 2.90. The van der Waals surface area contributed by atoms with Gasteiger partial charge in [-0.1, -0.05) is 109 Å². The Morgan fingerprint density at radius 2 is 1.23 bits per heavy atom. The van der Waals surface area contributed by atoms with Crippen molar-refractivity contribution in [2.45, 2.75) is 13.8 Å². The number of benzene rings is 4. The van der Waals surface area contributed by atoms with E-state index in [1.165, 1.54) is 11.1 Å². The molecule has 35 heavy (non-hydrogen) atoms. The van der Waals surface area contributed by atoms with Gasteiger partial charge in [-0.25, -0.2) is 0 Å². The van der Waals surface area contributed by atoms with Crippen LogP contribution in [0.2, 0.25) is 0 Å². The quantitative estimate of drug-likeness (QED) is 0.189. The van der Waals surface area contributed by atoms with Crippen molar-refractivity contribution in [3.8, 4) is 0 Å². The zero-order valence-corrected chi connectivity index (χ0v) is 20.4. The Morgan fingerprint density at radius 1 is 0.686 bits per heavy atom. The predicted molar refractivity (Wildman–Crippen MR) is 153 cm³/mol. The highest BCUT2D eigenvalue weighted by molar-refractivity contribution is 5.93. The fourth-order valence-electron chi connectivity index (χ4n) is 4.10. The van der Waals surface area contributed by atoms with Gasteiger partial charge in [0.05, 0.1) is 0 Å². The van der Waals surface area contributed by atoms with Crippen LogP contribution in [0.4, 0.5) is 17.1 Å². The number of aryl methyl sites for hydroxylation is 1. The maximum Gasteiger partial charge on any atom is 0.0462 e. The van der Waals surface area contributed by atoms with Gasteiger partial charge >= 0.3 is 0 Å². The first kappa shape index (κ1) is 23.8. The van der Waals surface area contributed by atoms with Crippen LogP contribution in [0.25, 0.3) is 11.6 Å². The lowest BCUT2D eigenvalue weighted by Crippen LogP contribution is -2.09. The lowest BCUT2D eigenvalue weighted by Gasteiger charge is -2.25. The van der Waals surface area contributed by atoms with E-state index in [2.05, 4.69) is 146 Å². The summed E-state index contributed by atoms with van der Waals surface area (Å²) in [6.45, 7) is 8.07. The predicted octanol–water partition coefficient (Wildman–Crippen LogP) is 9.69. The summed E-state index contributed by atoms with van der Waals surface area (Å²) < 4.78 is 0. The van der Waals surface area contributed by atoms with Crippen molar-refractivity contribution in [2.24, 2.45) is 0 Å². The van der Waals surface area contributed by atoms with Gasteiger partial charge in [0.15, 0.2) is 0 Å². The molecule has 0 fully saturated rings. The molecule has 0 aliphatic carbocycles. The van der Waals surface area contributed by atoms with Gasteiger partial charge in [0.25, 0.3) is 0 Å². The number of rotatable bonds is 8. The summed E-state index contributed by atoms with van der Waals surface area (Å²) >= 11 is 0. The maximum absolute atomic E-state index is 3.92. The van der Waals surface area contributed by atoms with E-state index in [1.54, 1.807) is 0 Å². The Bertz CT molecular complexity index is 1320. The molecule has 0 amide bonds. The first-order chi connectivity index (χ1) is 17.2. The molecule has 0 spiro atoms. The van der Waals surface area contributed by atoms with Gasteiger partial charge < -0.3 is 4.90 Å². The van der Waals surface area contributed by atoms with Crippen LogP contribution in [-0.2, 0) is 0 Å². The highest BCUT2D eigenvalue weighted by Crippen LogP contribution is 2.35. The summed E-state index contributed by atoms with van der Waals surface area (Å²) in [7, 11) is 0. The van der Waals surface area contributed by atoms with Gasteiger partial charge in [-0.2, -0.15) is 0 Å². The lowest BCUT2D eigenvalue weighted by molar-refractivity contribution is 1.27. The Kier molecular flexibility index (Phi) is 7.93. The molecule has 0 saturated heterocycles. The van der Waals surface area contributed by atoms with Crippen LogP contribution in [0, 0.1) is 6.92 Å². The third kappa shape index (κ3) is 5.96. The highest BCUT2D eigenvalue weighted by atomic mass is 15.1. The molecule has 0 saturated carbocycles. The zero-order valence-electron chi connectivity index (χ0n) is 20.4. The molecule has 4 aromatic carbocycles. The molecule has 0 aromatic heterocycles. The van der Waals surface area contributed by atoms with E-state index < -0.39 is 0 Å². The van der Waals surface area contributed by atoms with Crippen molar-refractivity contribution in [1.29, 1.82) is 0 Å². The topological polar surface area (TPSA) is 3.24 Å². The molecule has 4 aromatic rings. The minimum atomic E-state index is 1.12. The molecule has 4 rings (SSSR count). The van der Waals surface area contributed by atoms with E-state index in [0.717, 1.165) is 33.8 Å². The number of hydrogen-bond donors (Lipinski definition) is 0. The highest BCUT2D eigenvalue weighted by Gasteiger charge is 2.12. The molecular weight excluding hydrogens is 422 g/mol. The third-order valence-electron chi connectivity index (χ3n) is 5.81. The van der Waals surface area contributed by atoms with Crippen LogP contribution in [-0.4, -0.2) is 0 Å². The molecule has 1 nitrogen and oxygen atoms in total. The summed E-state index contributed by atoms with van der Waals surface area (Å²) in [5, 5.41) is 0. The molecule has 0 radical (unpaired) electrons. The normalized spacial score (nSPS) is 12.1. The van der Waals surface area contributed by atoms with Gasteiger partial charge in [-0.05, 0) is 78.6 Å². The molecule has 0 heterocycles. The minimum absolute atomic E-state index is 1.12. The number of para-hydroxylation sites is 1. The molecule has 0 aliphatic heterocycles. The molecule has 1 heteroatoms. The zero-order chi connectivity index (χ0) is 24.5. The summed E-state index contributed by atoms with van der Waals surface area (Å²) in [6.07, 6.45) is 10.3. The number of anilines is 3. The van der Waals surface area contributed by atoms with E-state index in [9.17, 15) is 0 Å². The Balaban J connectivity index is 1.76. The monoisotopic (exact) mass is 453 g/mol. The minimum Gasteiger partial charge on any atom is -0.311 e. The van der Waals surface area contributed by atoms with E-state index >= 15 is 0 Å². The van der Waals surface area contributed by atoms with Crippen LogP contribution >= 0.6 is 0 Å². The molecule has 0 aliphatic rings. The van der Waals surface area contributed by atoms with E-state index in [-0.39, 0.29) is 0 Å². The fourth-order valence-corrected chi connectivity index (χ4v) is 4.10. The van der Waals surface area contributed by atoms with E-state index in [4.69, 9.17) is 0 Å². The molecule has 172 valence electrons. The van der Waals surface area contributed by atoms with Crippen LogP contribution < -0.4 is 4.90 Å². The Morgan fingerprint density at radius 3 is 1.80 bits per heavy atom. The molecule has 0 atom stereocenters. The molecule has 0 unspecified atom stereocenters. The Labute approximate surface area is 209 Å². The van der Waals surface area contributed by atoms with Crippen molar-refractivity contribution in [1.82, 2.24) is 0 Å². The second-order valence-electron chi connectivity index (χ2n) is 8.38. The Hall–Kier alpha value is -4.36. The molecular formula is C34H31N. The fraction of sp³-hybridized carbons (Fsp3) is 0.0588. The van der Waals surface area contributed by atoms with Crippen molar-refractivity contribution >= 4 is 28.7 Å². The number of nitrogens with zero attached hydrogens (tertiary/aromatic N) is 1. The van der Waals surface area contributed by atoms with Gasteiger partial charge in [-0.15, -0.1) is 0 Å². The summed E-state index contributed by atoms with van der Waals surface area (Å²) in [5.74, 6) is 0. The van der Waals surface area contributed by atoms with Crippen molar-refractivity contribution in [3.05, 3.63) is 162 Å². The smallest absolute Gasteiger partial charge is 0.0462 e. The molecule has 0 N–H and O–H groups in total. The van der Waals surface area contributed by atoms with Crippen LogP contribution in [0.15, 0.2) is 146 Å². The van der Waals surface area contributed by atoms with Crippen LogP contribution in [0.3, 0.4) is 0 Å². The van der Waals surface area contributed by atoms with Gasteiger partial charge in [0, 0.05) is 17.1 Å². The maximum atomic E-state index is 3.92. The van der Waals surface area contributed by atoms with Gasteiger partial charge in [-0.3, -0.25) is 0 Å². The standard InChI is InChI=1S/C34H31N/c1-4-12-29(13-5-2)34(30-14-8-6-9-15-30)26-28-20-24-33(25-21-28)35(31-16-10-7-11-17-31)32-22-18-27(3)19-23-32/h4-26H,1H2,2-3H3/b13-5-,29-12+,34-26+. The van der Waals surface area contributed by atoms with Crippen molar-refractivity contribution in [3.63, 3.8) is 0 Å². The molecule has 0 bridgehead atoms. The van der Waals surface area contributed by atoms with Crippen LogP contribution in [0.1, 0.15) is 23.6 Å². The third-order valence-corrected chi connectivity index (χ3v) is 5.81. The van der Waals surface area contributed by atoms with E-state index in [0.29, 0.717) is 0 Å². The number of hydrogen-bond acceptors (Lipinski definition) is 1. The van der Waals surface area contributed by atoms with Crippen molar-refractivity contribution < 1.29 is 0 Å². The number of allylic oxidation sites excluding steroid dienone is 6. The van der Waals surface area contributed by atoms with Gasteiger partial charge in [0.2, 0.25) is 0 Å². The van der Waals surface area contributed by atoms with Crippen LogP contribution in [0.5, 0.6) is 0 Å². The van der Waals surface area contributed by atoms with E-state index in [1.807, 2.05) is 19.1 Å². The first-order valence-electron chi connectivity index (χ1n) is 11.9. The average molecular weight is 454 g/mol.